The fraction of sp³-hybridized carbons (Fsp3) is 0.778. The SMILES string of the molecule is CCOC(=O)CCC(=O)C(C)C. The number of carbonyl (C=O) groups excluding carboxylic acids is 2. The average molecular weight is 172 g/mol. The molecular weight excluding hydrogens is 156 g/mol. The minimum absolute atomic E-state index is 0.0134. The first kappa shape index (κ1) is 11.1. The van der Waals surface area contributed by atoms with Gasteiger partial charge in [0.05, 0.1) is 13.0 Å². The van der Waals surface area contributed by atoms with E-state index in [-0.39, 0.29) is 24.1 Å². The molecule has 0 unspecified atom stereocenters. The number of hydrogen-bond acceptors (Lipinski definition) is 3. The quantitative estimate of drug-likeness (QED) is 0.591. The average Bonchev–Trinajstić information content (AvgIpc) is 2.00. The summed E-state index contributed by atoms with van der Waals surface area (Å²) in [5.74, 6) is -0.158. The van der Waals surface area contributed by atoms with Gasteiger partial charge in [0.2, 0.25) is 0 Å². The first-order valence-electron chi connectivity index (χ1n) is 4.26. The van der Waals surface area contributed by atoms with Gasteiger partial charge in [-0.3, -0.25) is 9.59 Å². The first-order valence-corrected chi connectivity index (χ1v) is 4.26. The van der Waals surface area contributed by atoms with Crippen molar-refractivity contribution in [3.05, 3.63) is 0 Å². The largest absolute Gasteiger partial charge is 0.466 e. The summed E-state index contributed by atoms with van der Waals surface area (Å²) in [5, 5.41) is 0. The van der Waals surface area contributed by atoms with Crippen LogP contribution >= 0.6 is 0 Å². The third-order valence-corrected chi connectivity index (χ3v) is 1.52. The van der Waals surface area contributed by atoms with E-state index in [4.69, 9.17) is 0 Å². The van der Waals surface area contributed by atoms with E-state index in [1.165, 1.54) is 0 Å². The molecule has 0 N–H and O–H groups in total. The van der Waals surface area contributed by atoms with Gasteiger partial charge in [-0.15, -0.1) is 0 Å². The molecule has 0 radical (unpaired) electrons. The highest BCUT2D eigenvalue weighted by atomic mass is 16.5. The molecule has 0 atom stereocenters. The molecule has 0 heterocycles. The molecule has 0 aromatic heterocycles. The van der Waals surface area contributed by atoms with E-state index in [1.54, 1.807) is 6.92 Å². The Kier molecular flexibility index (Phi) is 5.34. The van der Waals surface area contributed by atoms with E-state index in [2.05, 4.69) is 4.74 Å². The fourth-order valence-corrected chi connectivity index (χ4v) is 0.747. The van der Waals surface area contributed by atoms with Gasteiger partial charge in [0, 0.05) is 12.3 Å². The van der Waals surface area contributed by atoms with Crippen LogP contribution in [0.25, 0.3) is 0 Å². The topological polar surface area (TPSA) is 43.4 Å². The van der Waals surface area contributed by atoms with E-state index < -0.39 is 0 Å². The van der Waals surface area contributed by atoms with Crippen LogP contribution in [0, 0.1) is 5.92 Å². The molecule has 0 aromatic carbocycles. The lowest BCUT2D eigenvalue weighted by Gasteiger charge is -2.03. The van der Waals surface area contributed by atoms with Crippen molar-refractivity contribution in [1.82, 2.24) is 0 Å². The van der Waals surface area contributed by atoms with Crippen LogP contribution in [0.5, 0.6) is 0 Å². The molecule has 0 aliphatic heterocycles. The fourth-order valence-electron chi connectivity index (χ4n) is 0.747. The lowest BCUT2D eigenvalue weighted by molar-refractivity contribution is -0.144. The zero-order chi connectivity index (χ0) is 9.56. The molecule has 12 heavy (non-hydrogen) atoms. The molecule has 0 spiro atoms. The highest BCUT2D eigenvalue weighted by Crippen LogP contribution is 2.02. The molecule has 70 valence electrons. The van der Waals surface area contributed by atoms with Crippen molar-refractivity contribution >= 4 is 11.8 Å². The summed E-state index contributed by atoms with van der Waals surface area (Å²) in [4.78, 5) is 21.8. The second-order valence-electron chi connectivity index (χ2n) is 2.93. The number of ketones is 1. The second kappa shape index (κ2) is 5.75. The van der Waals surface area contributed by atoms with Crippen molar-refractivity contribution in [3.63, 3.8) is 0 Å². The zero-order valence-corrected chi connectivity index (χ0v) is 7.92. The Bertz CT molecular complexity index is 161. The standard InChI is InChI=1S/C9H16O3/c1-4-12-9(11)6-5-8(10)7(2)3/h7H,4-6H2,1-3H3. The zero-order valence-electron chi connectivity index (χ0n) is 7.92. The number of hydrogen-bond donors (Lipinski definition) is 0. The third-order valence-electron chi connectivity index (χ3n) is 1.52. The third kappa shape index (κ3) is 4.88. The van der Waals surface area contributed by atoms with Crippen molar-refractivity contribution in [2.45, 2.75) is 33.6 Å². The van der Waals surface area contributed by atoms with Crippen molar-refractivity contribution in [2.75, 3.05) is 6.61 Å². The van der Waals surface area contributed by atoms with Crippen LogP contribution in [-0.4, -0.2) is 18.4 Å². The van der Waals surface area contributed by atoms with Crippen LogP contribution in [-0.2, 0) is 14.3 Å². The van der Waals surface area contributed by atoms with Crippen LogP contribution in [0.3, 0.4) is 0 Å². The molecule has 0 fully saturated rings. The van der Waals surface area contributed by atoms with Gasteiger partial charge in [-0.25, -0.2) is 0 Å². The molecule has 0 saturated carbocycles. The number of esters is 1. The Morgan fingerprint density at radius 1 is 1.25 bits per heavy atom. The summed E-state index contributed by atoms with van der Waals surface area (Å²) in [6.07, 6.45) is 0.515. The molecule has 0 aliphatic rings. The van der Waals surface area contributed by atoms with Crippen LogP contribution in [0.15, 0.2) is 0 Å². The van der Waals surface area contributed by atoms with Crippen LogP contribution in [0.4, 0.5) is 0 Å². The summed E-state index contributed by atoms with van der Waals surface area (Å²) in [6, 6.07) is 0. The van der Waals surface area contributed by atoms with E-state index in [0.29, 0.717) is 13.0 Å². The van der Waals surface area contributed by atoms with Gasteiger partial charge in [0.1, 0.15) is 5.78 Å². The summed E-state index contributed by atoms with van der Waals surface area (Å²) in [7, 11) is 0. The highest BCUT2D eigenvalue weighted by molar-refractivity contribution is 5.84. The van der Waals surface area contributed by atoms with Crippen LogP contribution in [0.2, 0.25) is 0 Å². The maximum atomic E-state index is 11.0. The van der Waals surface area contributed by atoms with Crippen molar-refractivity contribution < 1.29 is 14.3 Å². The maximum absolute atomic E-state index is 11.0. The van der Waals surface area contributed by atoms with Gasteiger partial charge in [-0.05, 0) is 6.92 Å². The molecule has 0 bridgehead atoms. The molecule has 0 saturated heterocycles. The Balaban J connectivity index is 3.54. The molecule has 3 heteroatoms. The van der Waals surface area contributed by atoms with Gasteiger partial charge in [-0.2, -0.15) is 0 Å². The first-order chi connectivity index (χ1) is 5.57. The summed E-state index contributed by atoms with van der Waals surface area (Å²) >= 11 is 0. The van der Waals surface area contributed by atoms with Crippen molar-refractivity contribution in [2.24, 2.45) is 5.92 Å². The van der Waals surface area contributed by atoms with E-state index >= 15 is 0 Å². The lowest BCUT2D eigenvalue weighted by Crippen LogP contribution is -2.11. The normalized spacial score (nSPS) is 10.0. The number of Topliss-reactive ketones (excluding diaryl/α,β-unsaturated/α-hetero) is 1. The number of ether oxygens (including phenoxy) is 1. The molecule has 0 amide bonds. The van der Waals surface area contributed by atoms with Gasteiger partial charge in [0.25, 0.3) is 0 Å². The molecule has 0 rings (SSSR count). The smallest absolute Gasteiger partial charge is 0.306 e. The Labute approximate surface area is 73.1 Å². The van der Waals surface area contributed by atoms with Crippen molar-refractivity contribution in [1.29, 1.82) is 0 Å². The second-order valence-corrected chi connectivity index (χ2v) is 2.93. The predicted octanol–water partition coefficient (Wildman–Crippen LogP) is 1.55. The highest BCUT2D eigenvalue weighted by Gasteiger charge is 2.10. The summed E-state index contributed by atoms with van der Waals surface area (Å²) in [5.41, 5.74) is 0. The summed E-state index contributed by atoms with van der Waals surface area (Å²) in [6.45, 7) is 5.79. The summed E-state index contributed by atoms with van der Waals surface area (Å²) < 4.78 is 4.68. The monoisotopic (exact) mass is 172 g/mol. The number of carbonyl (C=O) groups is 2. The van der Waals surface area contributed by atoms with Crippen molar-refractivity contribution in [3.8, 4) is 0 Å². The van der Waals surface area contributed by atoms with E-state index in [1.807, 2.05) is 13.8 Å². The van der Waals surface area contributed by atoms with Crippen LogP contribution < -0.4 is 0 Å². The molecular formula is C9H16O3. The van der Waals surface area contributed by atoms with E-state index in [9.17, 15) is 9.59 Å². The van der Waals surface area contributed by atoms with E-state index in [0.717, 1.165) is 0 Å². The minimum atomic E-state index is -0.286. The number of rotatable bonds is 5. The Hall–Kier alpha value is -0.860. The van der Waals surface area contributed by atoms with Crippen LogP contribution in [0.1, 0.15) is 33.6 Å². The molecule has 0 aromatic rings. The molecule has 0 aliphatic carbocycles. The Morgan fingerprint density at radius 3 is 2.25 bits per heavy atom. The predicted molar refractivity (Wildman–Crippen MR) is 45.7 cm³/mol. The molecule has 3 nitrogen and oxygen atoms in total. The van der Waals surface area contributed by atoms with Gasteiger partial charge < -0.3 is 4.74 Å². The van der Waals surface area contributed by atoms with Gasteiger partial charge in [0.15, 0.2) is 0 Å². The minimum Gasteiger partial charge on any atom is -0.466 e. The maximum Gasteiger partial charge on any atom is 0.306 e. The lowest BCUT2D eigenvalue weighted by atomic mass is 10.1. The van der Waals surface area contributed by atoms with Gasteiger partial charge in [-0.1, -0.05) is 13.8 Å². The Morgan fingerprint density at radius 2 is 1.83 bits per heavy atom. The van der Waals surface area contributed by atoms with Gasteiger partial charge >= 0.3 is 5.97 Å².